The molecule has 1 aromatic carbocycles. The van der Waals surface area contributed by atoms with Crippen LogP contribution in [-0.2, 0) is 19.6 Å². The van der Waals surface area contributed by atoms with Gasteiger partial charge in [-0.2, -0.15) is 0 Å². The molecule has 0 spiro atoms. The third-order valence-corrected chi connectivity index (χ3v) is 5.66. The summed E-state index contributed by atoms with van der Waals surface area (Å²) in [6.45, 7) is 6.67. The molecule has 1 N–H and O–H groups in total. The maximum Gasteiger partial charge on any atom is 0.261 e. The van der Waals surface area contributed by atoms with Crippen molar-refractivity contribution in [2.75, 3.05) is 14.2 Å². The Bertz CT molecular complexity index is 747. The minimum atomic E-state index is -0.0413. The first-order valence-corrected chi connectivity index (χ1v) is 9.18. The monoisotopic (exact) mass is 360 g/mol. The SMILES string of the molecule is COc1ccc(OC)c(CNC(=O)c2cc3c(s2)CN(C(C)C)C3)c1. The molecule has 1 aliphatic heterocycles. The van der Waals surface area contributed by atoms with Crippen LogP contribution in [-0.4, -0.2) is 31.1 Å². The lowest BCUT2D eigenvalue weighted by Gasteiger charge is -2.19. The van der Waals surface area contributed by atoms with Crippen molar-refractivity contribution in [3.05, 3.63) is 45.1 Å². The highest BCUT2D eigenvalue weighted by molar-refractivity contribution is 7.14. The molecule has 1 aliphatic rings. The maximum atomic E-state index is 12.5. The van der Waals surface area contributed by atoms with Crippen molar-refractivity contribution in [2.24, 2.45) is 0 Å². The Kier molecular flexibility index (Phi) is 5.30. The summed E-state index contributed by atoms with van der Waals surface area (Å²) in [5.41, 5.74) is 2.17. The van der Waals surface area contributed by atoms with E-state index in [9.17, 15) is 4.79 Å². The van der Waals surface area contributed by atoms with E-state index < -0.39 is 0 Å². The van der Waals surface area contributed by atoms with E-state index in [1.54, 1.807) is 25.6 Å². The van der Waals surface area contributed by atoms with Gasteiger partial charge in [0.1, 0.15) is 11.5 Å². The van der Waals surface area contributed by atoms with Crippen molar-refractivity contribution in [3.63, 3.8) is 0 Å². The van der Waals surface area contributed by atoms with E-state index >= 15 is 0 Å². The van der Waals surface area contributed by atoms with E-state index in [-0.39, 0.29) is 5.91 Å². The van der Waals surface area contributed by atoms with Gasteiger partial charge in [-0.15, -0.1) is 11.3 Å². The third kappa shape index (κ3) is 3.80. The third-order valence-electron chi connectivity index (χ3n) is 4.50. The van der Waals surface area contributed by atoms with E-state index in [0.29, 0.717) is 12.6 Å². The lowest BCUT2D eigenvalue weighted by molar-refractivity contribution is 0.0954. The van der Waals surface area contributed by atoms with Crippen molar-refractivity contribution in [2.45, 2.75) is 39.5 Å². The lowest BCUT2D eigenvalue weighted by Crippen LogP contribution is -2.25. The van der Waals surface area contributed by atoms with E-state index in [2.05, 4.69) is 24.1 Å². The van der Waals surface area contributed by atoms with Crippen LogP contribution >= 0.6 is 11.3 Å². The molecule has 0 radical (unpaired) electrons. The summed E-state index contributed by atoms with van der Waals surface area (Å²) in [5.74, 6) is 1.44. The van der Waals surface area contributed by atoms with Gasteiger partial charge in [-0.3, -0.25) is 9.69 Å². The summed E-state index contributed by atoms with van der Waals surface area (Å²) in [7, 11) is 3.25. The Balaban J connectivity index is 1.66. The second kappa shape index (κ2) is 7.45. The molecule has 1 aromatic heterocycles. The number of thiophene rings is 1. The summed E-state index contributed by atoms with van der Waals surface area (Å²) < 4.78 is 10.6. The highest BCUT2D eigenvalue weighted by Crippen LogP contribution is 2.32. The van der Waals surface area contributed by atoms with Crippen LogP contribution in [0.2, 0.25) is 0 Å². The Morgan fingerprint density at radius 3 is 2.68 bits per heavy atom. The molecule has 134 valence electrons. The fourth-order valence-electron chi connectivity index (χ4n) is 2.95. The van der Waals surface area contributed by atoms with Gasteiger partial charge in [0, 0.05) is 36.1 Å². The number of carbonyl (C=O) groups excluding carboxylic acids is 1. The van der Waals surface area contributed by atoms with Crippen LogP contribution in [0.1, 0.15) is 39.5 Å². The number of fused-ring (bicyclic) bond motifs is 1. The van der Waals surface area contributed by atoms with Gasteiger partial charge in [-0.05, 0) is 43.7 Å². The highest BCUT2D eigenvalue weighted by Gasteiger charge is 2.25. The molecule has 0 bridgehead atoms. The Morgan fingerprint density at radius 1 is 1.24 bits per heavy atom. The molecule has 5 nitrogen and oxygen atoms in total. The smallest absolute Gasteiger partial charge is 0.261 e. The van der Waals surface area contributed by atoms with Crippen molar-refractivity contribution in [3.8, 4) is 11.5 Å². The quantitative estimate of drug-likeness (QED) is 0.858. The first kappa shape index (κ1) is 17.8. The van der Waals surface area contributed by atoms with Crippen molar-refractivity contribution >= 4 is 17.2 Å². The summed E-state index contributed by atoms with van der Waals surface area (Å²) in [4.78, 5) is 17.0. The van der Waals surface area contributed by atoms with Crippen LogP contribution in [0, 0.1) is 0 Å². The number of ether oxygens (including phenoxy) is 2. The van der Waals surface area contributed by atoms with Gasteiger partial charge in [0.25, 0.3) is 5.91 Å². The summed E-state index contributed by atoms with van der Waals surface area (Å²) >= 11 is 1.59. The fourth-order valence-corrected chi connectivity index (χ4v) is 4.07. The molecule has 0 fully saturated rings. The van der Waals surface area contributed by atoms with Gasteiger partial charge in [-0.25, -0.2) is 0 Å². The van der Waals surface area contributed by atoms with Crippen LogP contribution in [0.25, 0.3) is 0 Å². The second-order valence-electron chi connectivity index (χ2n) is 6.42. The van der Waals surface area contributed by atoms with Gasteiger partial charge < -0.3 is 14.8 Å². The summed E-state index contributed by atoms with van der Waals surface area (Å²) in [5, 5.41) is 2.99. The summed E-state index contributed by atoms with van der Waals surface area (Å²) in [6.07, 6.45) is 0. The normalized spacial score (nSPS) is 13.8. The van der Waals surface area contributed by atoms with Gasteiger partial charge in [0.05, 0.1) is 19.1 Å². The highest BCUT2D eigenvalue weighted by atomic mass is 32.1. The second-order valence-corrected chi connectivity index (χ2v) is 7.56. The fraction of sp³-hybridized carbons (Fsp3) is 0.421. The number of methoxy groups -OCH3 is 2. The molecule has 2 aromatic rings. The molecule has 1 amide bonds. The number of nitrogens with zero attached hydrogens (tertiary/aromatic N) is 1. The number of carbonyl (C=O) groups is 1. The predicted molar refractivity (Wildman–Crippen MR) is 99.4 cm³/mol. The number of hydrogen-bond donors (Lipinski definition) is 1. The maximum absolute atomic E-state index is 12.5. The van der Waals surface area contributed by atoms with Crippen LogP contribution in [0.4, 0.5) is 0 Å². The van der Waals surface area contributed by atoms with Crippen LogP contribution in [0.3, 0.4) is 0 Å². The number of rotatable bonds is 6. The zero-order valence-corrected chi connectivity index (χ0v) is 15.9. The van der Waals surface area contributed by atoms with Crippen molar-refractivity contribution in [1.29, 1.82) is 0 Å². The summed E-state index contributed by atoms with van der Waals surface area (Å²) in [6, 6.07) is 8.13. The van der Waals surface area contributed by atoms with Gasteiger partial charge in [-0.1, -0.05) is 0 Å². The van der Waals surface area contributed by atoms with E-state index in [4.69, 9.17) is 9.47 Å². The average Bonchev–Trinajstić information content (AvgIpc) is 3.18. The Morgan fingerprint density at radius 2 is 2.04 bits per heavy atom. The average molecular weight is 360 g/mol. The zero-order valence-electron chi connectivity index (χ0n) is 15.1. The van der Waals surface area contributed by atoms with E-state index in [1.807, 2.05) is 24.3 Å². The van der Waals surface area contributed by atoms with Crippen LogP contribution < -0.4 is 14.8 Å². The zero-order chi connectivity index (χ0) is 18.0. The standard InChI is InChI=1S/C19H24N2O3S/c1-12(2)21-10-14-8-17(25-18(14)11-21)19(22)20-9-13-7-15(23-3)5-6-16(13)24-4/h5-8,12H,9-11H2,1-4H3,(H,20,22). The molecule has 2 heterocycles. The molecule has 25 heavy (non-hydrogen) atoms. The molecule has 3 rings (SSSR count). The number of nitrogens with one attached hydrogen (secondary N) is 1. The van der Waals surface area contributed by atoms with E-state index in [1.165, 1.54) is 10.4 Å². The molecule has 0 aliphatic carbocycles. The molecule has 0 atom stereocenters. The van der Waals surface area contributed by atoms with Crippen molar-refractivity contribution < 1.29 is 14.3 Å². The topological polar surface area (TPSA) is 50.8 Å². The lowest BCUT2D eigenvalue weighted by atomic mass is 10.2. The Hall–Kier alpha value is -2.05. The first-order chi connectivity index (χ1) is 12.0. The Labute approximate surface area is 152 Å². The van der Waals surface area contributed by atoms with Gasteiger partial charge in [0.15, 0.2) is 0 Å². The molecular formula is C19H24N2O3S. The molecule has 0 saturated carbocycles. The van der Waals surface area contributed by atoms with Gasteiger partial charge in [0.2, 0.25) is 0 Å². The number of amides is 1. The first-order valence-electron chi connectivity index (χ1n) is 8.36. The molecule has 0 saturated heterocycles. The molecular weight excluding hydrogens is 336 g/mol. The largest absolute Gasteiger partial charge is 0.497 e. The number of hydrogen-bond acceptors (Lipinski definition) is 5. The minimum Gasteiger partial charge on any atom is -0.497 e. The minimum absolute atomic E-state index is 0.0413. The van der Waals surface area contributed by atoms with Crippen LogP contribution in [0.5, 0.6) is 11.5 Å². The van der Waals surface area contributed by atoms with Crippen molar-refractivity contribution in [1.82, 2.24) is 10.2 Å². The molecule has 6 heteroatoms. The van der Waals surface area contributed by atoms with E-state index in [0.717, 1.165) is 35.0 Å². The number of benzene rings is 1. The van der Waals surface area contributed by atoms with Crippen LogP contribution in [0.15, 0.2) is 24.3 Å². The molecule has 0 unspecified atom stereocenters. The predicted octanol–water partition coefficient (Wildman–Crippen LogP) is 3.42. The van der Waals surface area contributed by atoms with Gasteiger partial charge >= 0.3 is 0 Å².